The van der Waals surface area contributed by atoms with Crippen molar-refractivity contribution in [3.8, 4) is 0 Å². The zero-order chi connectivity index (χ0) is 15.4. The summed E-state index contributed by atoms with van der Waals surface area (Å²) in [4.78, 5) is 15.0. The van der Waals surface area contributed by atoms with Crippen molar-refractivity contribution in [1.29, 1.82) is 0 Å². The monoisotopic (exact) mass is 309 g/mol. The third kappa shape index (κ3) is 4.00. The fraction of sp³-hybridized carbons (Fsp3) is 0.941. The van der Waals surface area contributed by atoms with Crippen LogP contribution in [0.1, 0.15) is 51.4 Å². The zero-order valence-electron chi connectivity index (χ0n) is 13.6. The number of carbonyl (C=O) groups is 1. The highest BCUT2D eigenvalue weighted by molar-refractivity contribution is 5.82. The Morgan fingerprint density at radius 1 is 1.05 bits per heavy atom. The van der Waals surface area contributed by atoms with Gasteiger partial charge in [0.1, 0.15) is 0 Å². The highest BCUT2D eigenvalue weighted by Gasteiger charge is 2.31. The van der Waals surface area contributed by atoms with E-state index in [-0.39, 0.29) is 17.9 Å². The number of carbonyl (C=O) groups excluding carboxylic acids is 1. The molecule has 3 fully saturated rings. The Balaban J connectivity index is 1.40. The number of likely N-dealkylation sites (tertiary alicyclic amines) is 1. The Hall–Kier alpha value is -0.650. The van der Waals surface area contributed by atoms with Gasteiger partial charge >= 0.3 is 0 Å². The van der Waals surface area contributed by atoms with Gasteiger partial charge in [-0.3, -0.25) is 4.79 Å². The van der Waals surface area contributed by atoms with E-state index in [4.69, 9.17) is 10.5 Å². The fourth-order valence-electron chi connectivity index (χ4n) is 4.26. The molecule has 2 aliphatic heterocycles. The smallest absolute Gasteiger partial charge is 0.237 e. The molecular formula is C17H31N3O2. The molecule has 1 saturated carbocycles. The largest absolute Gasteiger partial charge is 0.381 e. The Morgan fingerprint density at radius 2 is 1.68 bits per heavy atom. The van der Waals surface area contributed by atoms with Crippen LogP contribution in [0.15, 0.2) is 0 Å². The second-order valence-corrected chi connectivity index (χ2v) is 7.23. The summed E-state index contributed by atoms with van der Waals surface area (Å²) in [6.45, 7) is 3.74. The topological polar surface area (TPSA) is 67.6 Å². The van der Waals surface area contributed by atoms with Gasteiger partial charge in [0, 0.05) is 38.4 Å². The first-order valence-electron chi connectivity index (χ1n) is 9.12. The summed E-state index contributed by atoms with van der Waals surface area (Å²) in [6, 6.07) is 0.758. The van der Waals surface area contributed by atoms with Gasteiger partial charge < -0.3 is 20.7 Å². The number of nitrogens with one attached hydrogen (secondary N) is 1. The Kier molecular flexibility index (Phi) is 5.71. The number of nitrogens with two attached hydrogens (primary N) is 1. The van der Waals surface area contributed by atoms with Crippen molar-refractivity contribution in [2.75, 3.05) is 26.3 Å². The first-order chi connectivity index (χ1) is 10.7. The fourth-order valence-corrected chi connectivity index (χ4v) is 4.26. The number of nitrogens with zero attached hydrogens (tertiary/aromatic N) is 1. The second-order valence-electron chi connectivity index (χ2n) is 7.23. The van der Waals surface area contributed by atoms with Crippen LogP contribution >= 0.6 is 0 Å². The lowest BCUT2D eigenvalue weighted by Gasteiger charge is -2.37. The van der Waals surface area contributed by atoms with Gasteiger partial charge in [0.25, 0.3) is 0 Å². The lowest BCUT2D eigenvalue weighted by atomic mass is 9.91. The van der Waals surface area contributed by atoms with Gasteiger partial charge in [-0.05, 0) is 44.4 Å². The van der Waals surface area contributed by atoms with E-state index in [0.717, 1.165) is 58.0 Å². The highest BCUT2D eigenvalue weighted by Crippen LogP contribution is 2.26. The molecule has 0 aromatic heterocycles. The molecule has 3 N–H and O–H groups in total. The molecule has 0 spiro atoms. The molecule has 5 heteroatoms. The second kappa shape index (κ2) is 7.75. The van der Waals surface area contributed by atoms with Gasteiger partial charge in [-0.15, -0.1) is 0 Å². The molecule has 1 aliphatic carbocycles. The Morgan fingerprint density at radius 3 is 2.32 bits per heavy atom. The van der Waals surface area contributed by atoms with Crippen molar-refractivity contribution in [1.82, 2.24) is 10.2 Å². The normalized spacial score (nSPS) is 27.9. The number of hydrogen-bond acceptors (Lipinski definition) is 4. The minimum atomic E-state index is -0.364. The van der Waals surface area contributed by atoms with Crippen LogP contribution in [0.2, 0.25) is 0 Å². The molecule has 3 rings (SSSR count). The van der Waals surface area contributed by atoms with Crippen molar-refractivity contribution < 1.29 is 9.53 Å². The van der Waals surface area contributed by atoms with Crippen LogP contribution in [0.4, 0.5) is 0 Å². The quantitative estimate of drug-likeness (QED) is 0.820. The maximum absolute atomic E-state index is 12.4. The van der Waals surface area contributed by atoms with Crippen LogP contribution in [0, 0.1) is 5.92 Å². The van der Waals surface area contributed by atoms with Crippen molar-refractivity contribution >= 4 is 5.91 Å². The first-order valence-corrected chi connectivity index (χ1v) is 9.12. The molecule has 1 unspecified atom stereocenters. The number of ether oxygens (including phenoxy) is 1. The number of rotatable bonds is 4. The van der Waals surface area contributed by atoms with E-state index in [1.165, 1.54) is 25.7 Å². The van der Waals surface area contributed by atoms with E-state index in [0.29, 0.717) is 6.04 Å². The van der Waals surface area contributed by atoms with E-state index in [9.17, 15) is 4.79 Å². The maximum Gasteiger partial charge on any atom is 0.237 e. The molecule has 2 saturated heterocycles. The molecule has 22 heavy (non-hydrogen) atoms. The summed E-state index contributed by atoms with van der Waals surface area (Å²) in [5.41, 5.74) is 6.16. The Bertz CT molecular complexity index is 357. The minimum Gasteiger partial charge on any atom is -0.381 e. The lowest BCUT2D eigenvalue weighted by molar-refractivity contribution is -0.125. The summed E-state index contributed by atoms with van der Waals surface area (Å²) in [6.07, 6.45) is 9.48. The molecular weight excluding hydrogens is 278 g/mol. The van der Waals surface area contributed by atoms with Crippen LogP contribution < -0.4 is 11.1 Å². The summed E-state index contributed by atoms with van der Waals surface area (Å²) in [5, 5.41) is 3.20. The third-order valence-corrected chi connectivity index (χ3v) is 5.79. The van der Waals surface area contributed by atoms with Crippen LogP contribution in [0.5, 0.6) is 0 Å². The standard InChI is InChI=1S/C17H31N3O2/c18-16(13-7-11-22-12-8-13)17(21)19-14-5-9-20(10-6-14)15-3-1-2-4-15/h13-16H,1-12,18H2,(H,19,21). The summed E-state index contributed by atoms with van der Waals surface area (Å²) < 4.78 is 5.35. The van der Waals surface area contributed by atoms with Gasteiger partial charge in [-0.1, -0.05) is 12.8 Å². The van der Waals surface area contributed by atoms with E-state index < -0.39 is 0 Å². The van der Waals surface area contributed by atoms with Crippen LogP contribution in [0.3, 0.4) is 0 Å². The van der Waals surface area contributed by atoms with Crippen molar-refractivity contribution in [3.63, 3.8) is 0 Å². The molecule has 0 aromatic carbocycles. The molecule has 126 valence electrons. The summed E-state index contributed by atoms with van der Waals surface area (Å²) >= 11 is 0. The average Bonchev–Trinajstić information content (AvgIpc) is 3.10. The first kappa shape index (κ1) is 16.2. The maximum atomic E-state index is 12.4. The SMILES string of the molecule is NC(C(=O)NC1CCN(C2CCCC2)CC1)C1CCOCC1. The molecule has 1 amide bonds. The number of piperidine rings is 1. The number of amides is 1. The zero-order valence-corrected chi connectivity index (χ0v) is 13.6. The third-order valence-electron chi connectivity index (χ3n) is 5.79. The molecule has 3 aliphatic rings. The van der Waals surface area contributed by atoms with Crippen molar-refractivity contribution in [2.24, 2.45) is 11.7 Å². The summed E-state index contributed by atoms with van der Waals surface area (Å²) in [7, 11) is 0. The van der Waals surface area contributed by atoms with E-state index in [1.54, 1.807) is 0 Å². The highest BCUT2D eigenvalue weighted by atomic mass is 16.5. The molecule has 1 atom stereocenters. The molecule has 0 radical (unpaired) electrons. The van der Waals surface area contributed by atoms with Crippen LogP contribution in [0.25, 0.3) is 0 Å². The summed E-state index contributed by atoms with van der Waals surface area (Å²) in [5.74, 6) is 0.332. The predicted octanol–water partition coefficient (Wildman–Crippen LogP) is 1.26. The minimum absolute atomic E-state index is 0.0474. The molecule has 5 nitrogen and oxygen atoms in total. The van der Waals surface area contributed by atoms with Gasteiger partial charge in [0.2, 0.25) is 5.91 Å². The molecule has 2 heterocycles. The van der Waals surface area contributed by atoms with Crippen LogP contribution in [-0.2, 0) is 9.53 Å². The van der Waals surface area contributed by atoms with Gasteiger partial charge in [0.15, 0.2) is 0 Å². The molecule has 0 bridgehead atoms. The van der Waals surface area contributed by atoms with Gasteiger partial charge in [-0.2, -0.15) is 0 Å². The van der Waals surface area contributed by atoms with Crippen molar-refractivity contribution in [3.05, 3.63) is 0 Å². The number of hydrogen-bond donors (Lipinski definition) is 2. The lowest BCUT2D eigenvalue weighted by Crippen LogP contribution is -2.53. The van der Waals surface area contributed by atoms with Crippen LogP contribution in [-0.4, -0.2) is 55.2 Å². The van der Waals surface area contributed by atoms with Gasteiger partial charge in [-0.25, -0.2) is 0 Å². The van der Waals surface area contributed by atoms with Gasteiger partial charge in [0.05, 0.1) is 6.04 Å². The van der Waals surface area contributed by atoms with Crippen molar-refractivity contribution in [2.45, 2.75) is 69.5 Å². The van der Waals surface area contributed by atoms with E-state index >= 15 is 0 Å². The Labute approximate surface area is 133 Å². The molecule has 0 aromatic rings. The average molecular weight is 309 g/mol. The van der Waals surface area contributed by atoms with E-state index in [1.807, 2.05) is 0 Å². The predicted molar refractivity (Wildman–Crippen MR) is 86.5 cm³/mol. The van der Waals surface area contributed by atoms with E-state index in [2.05, 4.69) is 10.2 Å².